The number of benzene rings is 2. The van der Waals surface area contributed by atoms with Crippen LogP contribution in [0, 0.1) is 15.9 Å². The Morgan fingerprint density at radius 3 is 2.41 bits per heavy atom. The third-order valence-electron chi connectivity index (χ3n) is 6.20. The maximum absolute atomic E-state index is 14.2. The molecule has 5 aromatic rings. The molecule has 0 saturated heterocycles. The first kappa shape index (κ1) is 25.4. The summed E-state index contributed by atoms with van der Waals surface area (Å²) in [7, 11) is 1.51. The number of nitro groups is 1. The van der Waals surface area contributed by atoms with Gasteiger partial charge in [-0.05, 0) is 29.8 Å². The quantitative estimate of drug-likeness (QED) is 0.210. The number of furan rings is 1. The van der Waals surface area contributed by atoms with Gasteiger partial charge in [0, 0.05) is 22.9 Å². The zero-order chi connectivity index (χ0) is 27.5. The summed E-state index contributed by atoms with van der Waals surface area (Å²) in [4.78, 5) is 38.6. The number of nitrogens with zero attached hydrogens (tertiary/aromatic N) is 5. The molecule has 11 nitrogen and oxygen atoms in total. The Balaban J connectivity index is 1.66. The predicted octanol–water partition coefficient (Wildman–Crippen LogP) is 3.67. The third kappa shape index (κ3) is 5.12. The maximum atomic E-state index is 14.2. The number of ether oxygens (including phenoxy) is 1. The van der Waals surface area contributed by atoms with E-state index < -0.39 is 27.7 Å². The predicted molar refractivity (Wildman–Crippen MR) is 138 cm³/mol. The van der Waals surface area contributed by atoms with E-state index in [0.29, 0.717) is 22.4 Å². The maximum Gasteiger partial charge on any atom is 0.358 e. The Labute approximate surface area is 220 Å². The zero-order valence-electron chi connectivity index (χ0n) is 20.7. The van der Waals surface area contributed by atoms with Crippen LogP contribution in [0.5, 0.6) is 5.75 Å². The van der Waals surface area contributed by atoms with Gasteiger partial charge in [-0.15, -0.1) is 0 Å². The van der Waals surface area contributed by atoms with Gasteiger partial charge in [-0.25, -0.2) is 13.8 Å². The molecule has 0 unspecified atom stereocenters. The van der Waals surface area contributed by atoms with Crippen molar-refractivity contribution in [2.45, 2.75) is 19.6 Å². The molecule has 0 radical (unpaired) electrons. The van der Waals surface area contributed by atoms with Gasteiger partial charge in [-0.3, -0.25) is 24.2 Å². The molecule has 2 aromatic carbocycles. The van der Waals surface area contributed by atoms with Crippen molar-refractivity contribution in [1.82, 2.24) is 18.9 Å². The third-order valence-corrected chi connectivity index (χ3v) is 6.20. The molecule has 0 atom stereocenters. The average Bonchev–Trinajstić information content (AvgIpc) is 3.62. The molecule has 0 aliphatic carbocycles. The van der Waals surface area contributed by atoms with Gasteiger partial charge < -0.3 is 9.15 Å². The molecule has 3 aromatic heterocycles. The highest BCUT2D eigenvalue weighted by atomic mass is 19.1. The Bertz CT molecular complexity index is 1750. The van der Waals surface area contributed by atoms with Crippen LogP contribution in [0.1, 0.15) is 16.7 Å². The monoisotopic (exact) mass is 531 g/mol. The summed E-state index contributed by atoms with van der Waals surface area (Å²) in [5.74, 6) is 0.149. The molecule has 0 amide bonds. The topological polar surface area (TPSA) is 127 Å². The molecule has 0 spiro atoms. The van der Waals surface area contributed by atoms with Gasteiger partial charge in [-0.2, -0.15) is 5.10 Å². The van der Waals surface area contributed by atoms with E-state index in [1.807, 2.05) is 0 Å². The molecule has 0 aliphatic heterocycles. The van der Waals surface area contributed by atoms with E-state index in [1.54, 1.807) is 48.5 Å². The number of hydrogen-bond acceptors (Lipinski definition) is 7. The van der Waals surface area contributed by atoms with E-state index in [-0.39, 0.29) is 30.9 Å². The van der Waals surface area contributed by atoms with Crippen LogP contribution in [0.3, 0.4) is 0 Å². The van der Waals surface area contributed by atoms with Gasteiger partial charge in [-0.1, -0.05) is 30.3 Å². The molecule has 0 aliphatic rings. The highest BCUT2D eigenvalue weighted by Gasteiger charge is 2.30. The summed E-state index contributed by atoms with van der Waals surface area (Å²) >= 11 is 0. The molecule has 0 saturated carbocycles. The Kier molecular flexibility index (Phi) is 6.91. The lowest BCUT2D eigenvalue weighted by atomic mass is 10.1. The van der Waals surface area contributed by atoms with Gasteiger partial charge in [0.25, 0.3) is 0 Å². The van der Waals surface area contributed by atoms with E-state index >= 15 is 0 Å². The zero-order valence-corrected chi connectivity index (χ0v) is 20.7. The van der Waals surface area contributed by atoms with Crippen molar-refractivity contribution in [3.8, 4) is 17.0 Å². The first-order chi connectivity index (χ1) is 18.9. The van der Waals surface area contributed by atoms with Crippen LogP contribution >= 0.6 is 0 Å². The van der Waals surface area contributed by atoms with E-state index in [4.69, 9.17) is 9.15 Å². The van der Waals surface area contributed by atoms with Gasteiger partial charge in [0.15, 0.2) is 0 Å². The van der Waals surface area contributed by atoms with Crippen molar-refractivity contribution < 1.29 is 18.5 Å². The van der Waals surface area contributed by atoms with Crippen molar-refractivity contribution in [3.63, 3.8) is 0 Å². The normalized spacial score (nSPS) is 11.0. The van der Waals surface area contributed by atoms with Crippen LogP contribution in [0.15, 0.2) is 93.5 Å². The molecule has 3 heterocycles. The van der Waals surface area contributed by atoms with Crippen LogP contribution in [0.2, 0.25) is 0 Å². The second kappa shape index (κ2) is 10.6. The summed E-state index contributed by atoms with van der Waals surface area (Å²) in [5, 5.41) is 16.5. The standard InChI is InChI=1S/C27H22FN5O6/c1-38-22-8-6-18(7-9-22)13-32-26(34)25(33(36)37)24(31(27(32)35)14-19-10-11-39-17-19)21-12-29-30(16-21)15-20-4-2-3-5-23(20)28/h2-12,16-17H,13-15H2,1H3. The first-order valence-corrected chi connectivity index (χ1v) is 11.8. The number of rotatable bonds is 9. The lowest BCUT2D eigenvalue weighted by Gasteiger charge is -2.15. The fraction of sp³-hybridized carbons (Fsp3) is 0.148. The summed E-state index contributed by atoms with van der Waals surface area (Å²) in [6.07, 6.45) is 5.56. The highest BCUT2D eigenvalue weighted by Crippen LogP contribution is 2.27. The fourth-order valence-electron chi connectivity index (χ4n) is 4.28. The summed E-state index contributed by atoms with van der Waals surface area (Å²) in [6.45, 7) is -0.255. The molecule has 0 fully saturated rings. The second-order valence-corrected chi connectivity index (χ2v) is 8.71. The Morgan fingerprint density at radius 1 is 1.00 bits per heavy atom. The second-order valence-electron chi connectivity index (χ2n) is 8.71. The van der Waals surface area contributed by atoms with Crippen molar-refractivity contribution in [1.29, 1.82) is 0 Å². The lowest BCUT2D eigenvalue weighted by molar-refractivity contribution is -0.386. The summed E-state index contributed by atoms with van der Waals surface area (Å²) in [5.41, 5.74) is -1.15. The minimum atomic E-state index is -1.05. The van der Waals surface area contributed by atoms with Crippen LogP contribution in [-0.4, -0.2) is 30.9 Å². The molecule has 12 heteroatoms. The fourth-order valence-corrected chi connectivity index (χ4v) is 4.28. The number of halogens is 1. The van der Waals surface area contributed by atoms with Gasteiger partial charge in [0.05, 0.1) is 50.4 Å². The van der Waals surface area contributed by atoms with E-state index in [2.05, 4.69) is 5.10 Å². The van der Waals surface area contributed by atoms with E-state index in [1.165, 1.54) is 42.8 Å². The Morgan fingerprint density at radius 2 is 1.74 bits per heavy atom. The van der Waals surface area contributed by atoms with Crippen molar-refractivity contribution in [3.05, 3.63) is 133 Å². The minimum Gasteiger partial charge on any atom is -0.497 e. The van der Waals surface area contributed by atoms with Crippen LogP contribution < -0.4 is 16.0 Å². The highest BCUT2D eigenvalue weighted by molar-refractivity contribution is 5.68. The average molecular weight is 532 g/mol. The molecule has 39 heavy (non-hydrogen) atoms. The van der Waals surface area contributed by atoms with Crippen LogP contribution in [0.4, 0.5) is 10.1 Å². The van der Waals surface area contributed by atoms with E-state index in [0.717, 1.165) is 9.13 Å². The molecule has 198 valence electrons. The SMILES string of the molecule is COc1ccc(Cn2c(=O)c([N+](=O)[O-])c(-c3cnn(Cc4ccccc4F)c3)n(Cc3ccoc3)c2=O)cc1. The van der Waals surface area contributed by atoms with Crippen molar-refractivity contribution >= 4 is 5.69 Å². The number of hydrogen-bond donors (Lipinski definition) is 0. The largest absolute Gasteiger partial charge is 0.497 e. The summed E-state index contributed by atoms with van der Waals surface area (Å²) in [6, 6.07) is 14.4. The Hall–Kier alpha value is -5.26. The lowest BCUT2D eigenvalue weighted by Crippen LogP contribution is -2.42. The van der Waals surface area contributed by atoms with Gasteiger partial charge in [0.1, 0.15) is 17.3 Å². The smallest absolute Gasteiger partial charge is 0.358 e. The van der Waals surface area contributed by atoms with Gasteiger partial charge in [0.2, 0.25) is 0 Å². The van der Waals surface area contributed by atoms with Crippen LogP contribution in [-0.2, 0) is 19.6 Å². The van der Waals surface area contributed by atoms with Crippen molar-refractivity contribution in [2.75, 3.05) is 7.11 Å². The number of methoxy groups -OCH3 is 1. The molecular formula is C27H22FN5O6. The van der Waals surface area contributed by atoms with E-state index in [9.17, 15) is 24.1 Å². The molecule has 0 N–H and O–H groups in total. The van der Waals surface area contributed by atoms with Crippen molar-refractivity contribution in [2.24, 2.45) is 0 Å². The minimum absolute atomic E-state index is 0.0426. The summed E-state index contributed by atoms with van der Waals surface area (Å²) < 4.78 is 27.8. The van der Waals surface area contributed by atoms with Crippen LogP contribution in [0.25, 0.3) is 11.3 Å². The molecular weight excluding hydrogens is 509 g/mol. The molecule has 0 bridgehead atoms. The first-order valence-electron chi connectivity index (χ1n) is 11.8. The number of aromatic nitrogens is 4. The molecule has 5 rings (SSSR count). The van der Waals surface area contributed by atoms with Gasteiger partial charge >= 0.3 is 16.9 Å².